The van der Waals surface area contributed by atoms with Crippen LogP contribution in [0.2, 0.25) is 0 Å². The molecule has 2 heteroatoms. The lowest BCUT2D eigenvalue weighted by atomic mass is 9.90. The van der Waals surface area contributed by atoms with Crippen LogP contribution in [0.15, 0.2) is 0 Å². The first kappa shape index (κ1) is 9.04. The van der Waals surface area contributed by atoms with E-state index in [1.807, 2.05) is 0 Å². The quantitative estimate of drug-likeness (QED) is 0.607. The Morgan fingerprint density at radius 2 is 2.00 bits per heavy atom. The molecule has 0 radical (unpaired) electrons. The minimum atomic E-state index is 0.123. The molecule has 2 nitrogen and oxygen atoms in total. The van der Waals surface area contributed by atoms with E-state index >= 15 is 0 Å². The molecule has 0 bridgehead atoms. The van der Waals surface area contributed by atoms with Crippen molar-refractivity contribution in [2.75, 3.05) is 6.54 Å². The topological polar surface area (TPSA) is 20.3 Å². The Hall–Kier alpha value is -0.530. The average Bonchev–Trinajstić information content (AvgIpc) is 2.84. The molecule has 0 aromatic rings. The fourth-order valence-corrected chi connectivity index (χ4v) is 2.22. The molecule has 1 aliphatic carbocycles. The summed E-state index contributed by atoms with van der Waals surface area (Å²) in [5.41, 5.74) is 0.123. The molecule has 0 spiro atoms. The van der Waals surface area contributed by atoms with E-state index in [0.717, 1.165) is 19.4 Å². The Labute approximate surface area is 80.3 Å². The molecule has 0 N–H and O–H groups in total. The van der Waals surface area contributed by atoms with E-state index in [2.05, 4.69) is 18.7 Å². The van der Waals surface area contributed by atoms with Gasteiger partial charge < -0.3 is 4.90 Å². The van der Waals surface area contributed by atoms with Crippen LogP contribution in [-0.4, -0.2) is 22.9 Å². The fourth-order valence-electron chi connectivity index (χ4n) is 2.22. The molecule has 13 heavy (non-hydrogen) atoms. The van der Waals surface area contributed by atoms with Gasteiger partial charge in [0.2, 0.25) is 5.91 Å². The number of amides is 1. The van der Waals surface area contributed by atoms with Gasteiger partial charge in [-0.15, -0.1) is 0 Å². The lowest BCUT2D eigenvalue weighted by Crippen LogP contribution is -2.51. The van der Waals surface area contributed by atoms with Crippen molar-refractivity contribution in [1.29, 1.82) is 0 Å². The third-order valence-electron chi connectivity index (χ3n) is 3.34. The normalized spacial score (nSPS) is 27.4. The Bertz CT molecular complexity index is 218. The molecule has 74 valence electrons. The van der Waals surface area contributed by atoms with Gasteiger partial charge in [-0.1, -0.05) is 0 Å². The van der Waals surface area contributed by atoms with Gasteiger partial charge in [0.1, 0.15) is 0 Å². The number of hydrogen-bond acceptors (Lipinski definition) is 1. The van der Waals surface area contributed by atoms with E-state index < -0.39 is 0 Å². The fraction of sp³-hybridized carbons (Fsp3) is 0.909. The molecule has 2 fully saturated rings. The predicted molar refractivity (Wildman–Crippen MR) is 52.4 cm³/mol. The summed E-state index contributed by atoms with van der Waals surface area (Å²) >= 11 is 0. The highest BCUT2D eigenvalue weighted by Gasteiger charge is 2.40. The molecular weight excluding hydrogens is 162 g/mol. The van der Waals surface area contributed by atoms with Gasteiger partial charge in [0.05, 0.1) is 0 Å². The predicted octanol–water partition coefficient (Wildman–Crippen LogP) is 2.19. The van der Waals surface area contributed by atoms with Crippen LogP contribution in [0.4, 0.5) is 0 Å². The maximum absolute atomic E-state index is 11.9. The van der Waals surface area contributed by atoms with Crippen LogP contribution in [0.3, 0.4) is 0 Å². The maximum Gasteiger partial charge on any atom is 0.226 e. The molecule has 0 aromatic carbocycles. The zero-order chi connectivity index (χ0) is 9.47. The highest BCUT2D eigenvalue weighted by Crippen LogP contribution is 2.36. The number of rotatable bonds is 1. The number of carbonyl (C=O) groups excluding carboxylic acids is 1. The Morgan fingerprint density at radius 3 is 2.54 bits per heavy atom. The van der Waals surface area contributed by atoms with Crippen molar-refractivity contribution in [3.8, 4) is 0 Å². The zero-order valence-electron chi connectivity index (χ0n) is 8.68. The van der Waals surface area contributed by atoms with Crippen molar-refractivity contribution >= 4 is 5.91 Å². The minimum Gasteiger partial charge on any atom is -0.337 e. The molecule has 0 aromatic heterocycles. The number of carbonyl (C=O) groups is 1. The monoisotopic (exact) mass is 181 g/mol. The number of likely N-dealkylation sites (tertiary alicyclic amines) is 1. The molecule has 1 amide bonds. The summed E-state index contributed by atoms with van der Waals surface area (Å²) in [4.78, 5) is 14.0. The summed E-state index contributed by atoms with van der Waals surface area (Å²) in [6, 6.07) is 0. The van der Waals surface area contributed by atoms with Gasteiger partial charge in [-0.05, 0) is 46.0 Å². The van der Waals surface area contributed by atoms with Crippen molar-refractivity contribution in [2.24, 2.45) is 5.92 Å². The molecule has 1 saturated carbocycles. The van der Waals surface area contributed by atoms with Gasteiger partial charge >= 0.3 is 0 Å². The Morgan fingerprint density at radius 1 is 1.31 bits per heavy atom. The van der Waals surface area contributed by atoms with E-state index in [4.69, 9.17) is 0 Å². The lowest BCUT2D eigenvalue weighted by molar-refractivity contribution is -0.139. The van der Waals surface area contributed by atoms with Crippen LogP contribution in [0, 0.1) is 5.92 Å². The average molecular weight is 181 g/mol. The summed E-state index contributed by atoms with van der Waals surface area (Å²) in [5.74, 6) is 0.807. The van der Waals surface area contributed by atoms with Crippen LogP contribution >= 0.6 is 0 Å². The van der Waals surface area contributed by atoms with Gasteiger partial charge in [-0.2, -0.15) is 0 Å². The summed E-state index contributed by atoms with van der Waals surface area (Å²) in [6.07, 6.45) is 5.91. The second-order valence-electron chi connectivity index (χ2n) is 5.03. The van der Waals surface area contributed by atoms with E-state index in [9.17, 15) is 4.79 Å². The van der Waals surface area contributed by atoms with Gasteiger partial charge in [0.15, 0.2) is 0 Å². The van der Waals surface area contributed by atoms with Crippen molar-refractivity contribution in [3.63, 3.8) is 0 Å². The summed E-state index contributed by atoms with van der Waals surface area (Å²) in [6.45, 7) is 5.39. The van der Waals surface area contributed by atoms with Crippen molar-refractivity contribution < 1.29 is 4.79 Å². The summed E-state index contributed by atoms with van der Waals surface area (Å²) in [7, 11) is 0. The Balaban J connectivity index is 2.05. The number of hydrogen-bond donors (Lipinski definition) is 0. The summed E-state index contributed by atoms with van der Waals surface area (Å²) in [5, 5.41) is 0. The summed E-state index contributed by atoms with van der Waals surface area (Å²) < 4.78 is 0. The molecule has 1 saturated heterocycles. The SMILES string of the molecule is CC1(C)CCCCN1C(=O)C1CC1. The van der Waals surface area contributed by atoms with E-state index in [1.54, 1.807) is 0 Å². The highest BCUT2D eigenvalue weighted by molar-refractivity contribution is 5.81. The third kappa shape index (κ3) is 1.72. The maximum atomic E-state index is 11.9. The second kappa shape index (κ2) is 3.00. The number of nitrogens with zero attached hydrogens (tertiary/aromatic N) is 1. The Kier molecular flexibility index (Phi) is 2.09. The van der Waals surface area contributed by atoms with Crippen molar-refractivity contribution in [3.05, 3.63) is 0 Å². The van der Waals surface area contributed by atoms with Crippen LogP contribution in [0.1, 0.15) is 46.0 Å². The first-order chi connectivity index (χ1) is 6.11. The number of piperidine rings is 1. The van der Waals surface area contributed by atoms with Crippen LogP contribution in [0.5, 0.6) is 0 Å². The standard InChI is InChI=1S/C11H19NO/c1-11(2)7-3-4-8-12(11)10(13)9-5-6-9/h9H,3-8H2,1-2H3. The van der Waals surface area contributed by atoms with Crippen molar-refractivity contribution in [1.82, 2.24) is 4.90 Å². The van der Waals surface area contributed by atoms with Gasteiger partial charge in [-0.3, -0.25) is 4.79 Å². The van der Waals surface area contributed by atoms with E-state index in [0.29, 0.717) is 11.8 Å². The van der Waals surface area contributed by atoms with E-state index in [-0.39, 0.29) is 5.54 Å². The van der Waals surface area contributed by atoms with Crippen LogP contribution in [-0.2, 0) is 4.79 Å². The second-order valence-corrected chi connectivity index (χ2v) is 5.03. The minimum absolute atomic E-state index is 0.123. The van der Waals surface area contributed by atoms with Crippen LogP contribution < -0.4 is 0 Å². The largest absolute Gasteiger partial charge is 0.337 e. The highest BCUT2D eigenvalue weighted by atomic mass is 16.2. The van der Waals surface area contributed by atoms with Crippen LogP contribution in [0.25, 0.3) is 0 Å². The lowest BCUT2D eigenvalue weighted by Gasteiger charge is -2.42. The van der Waals surface area contributed by atoms with Gasteiger partial charge in [0.25, 0.3) is 0 Å². The van der Waals surface area contributed by atoms with E-state index in [1.165, 1.54) is 19.3 Å². The molecule has 1 aliphatic heterocycles. The first-order valence-electron chi connectivity index (χ1n) is 5.43. The third-order valence-corrected chi connectivity index (χ3v) is 3.34. The van der Waals surface area contributed by atoms with Crippen molar-refractivity contribution in [2.45, 2.75) is 51.5 Å². The molecule has 1 heterocycles. The zero-order valence-corrected chi connectivity index (χ0v) is 8.68. The van der Waals surface area contributed by atoms with Gasteiger partial charge in [0, 0.05) is 18.0 Å². The molecule has 2 rings (SSSR count). The molecule has 2 aliphatic rings. The van der Waals surface area contributed by atoms with Gasteiger partial charge in [-0.25, -0.2) is 0 Å². The first-order valence-corrected chi connectivity index (χ1v) is 5.43. The molecule has 0 atom stereocenters. The molecule has 0 unspecified atom stereocenters. The smallest absolute Gasteiger partial charge is 0.226 e. The molecular formula is C11H19NO.